The molecule has 40 atom stereocenters. The van der Waals surface area contributed by atoms with Gasteiger partial charge in [0.05, 0.1) is 26.4 Å². The van der Waals surface area contributed by atoms with Crippen molar-refractivity contribution in [1.82, 2.24) is 21.3 Å². The Morgan fingerprint density at radius 3 is 0.823 bits per heavy atom. The number of carboxylic acid groups (broad SMARTS) is 4. The second-order valence-corrected chi connectivity index (χ2v) is 32.0. The Morgan fingerprint density at radius 2 is 0.540 bits per heavy atom. The molecular weight excluding hydrogens is 1820 g/mol. The van der Waals surface area contributed by atoms with Gasteiger partial charge in [0.15, 0.2) is 80.3 Å². The highest BCUT2D eigenvalue weighted by Gasteiger charge is 2.62. The van der Waals surface area contributed by atoms with Crippen LogP contribution >= 0.6 is 0 Å². The van der Waals surface area contributed by atoms with Crippen LogP contribution in [-0.4, -0.2) is 463 Å². The van der Waals surface area contributed by atoms with Gasteiger partial charge in [-0.25, -0.2) is 65.2 Å². The smallest absolute Gasteiger partial charge is 0.397 e. The molecular formula is C56H86N4O60S4. The van der Waals surface area contributed by atoms with Gasteiger partial charge in [0, 0.05) is 27.7 Å². The summed E-state index contributed by atoms with van der Waals surface area (Å²) in [7, 11) is -22.2. The normalized spacial score (nSPS) is 42.0. The molecule has 0 aliphatic carbocycles. The number of carbonyl (C=O) groups is 8. The lowest BCUT2D eigenvalue weighted by molar-refractivity contribution is -0.467. The van der Waals surface area contributed by atoms with Gasteiger partial charge in [-0.05, 0) is 0 Å². The van der Waals surface area contributed by atoms with Crippen LogP contribution in [0, 0.1) is 0 Å². The highest BCUT2D eigenvalue weighted by atomic mass is 32.3. The maximum Gasteiger partial charge on any atom is 0.397 e. The summed E-state index contributed by atoms with van der Waals surface area (Å²) < 4.78 is 214. The van der Waals surface area contributed by atoms with E-state index in [0.29, 0.717) is 6.92 Å². The average Bonchev–Trinajstić information content (AvgIpc) is 0.772. The Hall–Kier alpha value is -6.04. The molecule has 64 nitrogen and oxygen atoms in total. The van der Waals surface area contributed by atoms with Crippen molar-refractivity contribution in [2.45, 2.75) is 273 Å². The second-order valence-electron chi connectivity index (χ2n) is 27.7. The Labute approximate surface area is 692 Å². The lowest BCUT2D eigenvalue weighted by Crippen LogP contribution is -2.70. The van der Waals surface area contributed by atoms with E-state index in [1.54, 1.807) is 0 Å². The number of amides is 4. The first-order chi connectivity index (χ1) is 57.4. The van der Waals surface area contributed by atoms with Crippen LogP contribution in [0.1, 0.15) is 27.7 Å². The number of aliphatic hydroxyl groups is 14. The Morgan fingerprint density at radius 1 is 0.282 bits per heavy atom. The molecule has 0 saturated carbocycles. The van der Waals surface area contributed by atoms with Crippen LogP contribution in [0.15, 0.2) is 0 Å². The number of rotatable bonds is 37. The molecule has 8 fully saturated rings. The Bertz CT molecular complexity index is 4160. The summed E-state index contributed by atoms with van der Waals surface area (Å²) in [6.07, 6.45) is -92.4. The molecule has 0 radical (unpaired) electrons. The van der Waals surface area contributed by atoms with Crippen LogP contribution in [0.2, 0.25) is 0 Å². The first-order valence-electron chi connectivity index (χ1n) is 35.2. The van der Waals surface area contributed by atoms with Gasteiger partial charge in [0.1, 0.15) is 146 Å². The molecule has 0 aromatic heterocycles. The van der Waals surface area contributed by atoms with Gasteiger partial charge in [-0.3, -0.25) is 37.4 Å². The number of carbonyl (C=O) groups excluding carboxylic acids is 4. The van der Waals surface area contributed by atoms with Crippen molar-refractivity contribution < 1.29 is 285 Å². The zero-order valence-corrected chi connectivity index (χ0v) is 66.2. The molecule has 0 unspecified atom stereocenters. The highest BCUT2D eigenvalue weighted by Crippen LogP contribution is 2.39. The second kappa shape index (κ2) is 42.7. The van der Waals surface area contributed by atoms with Crippen LogP contribution in [0.5, 0.6) is 0 Å². The fraction of sp³-hybridized carbons (Fsp3) is 0.857. The fourth-order valence-corrected chi connectivity index (χ4v) is 14.7. The minimum absolute atomic E-state index is 0.704. The van der Waals surface area contributed by atoms with Crippen LogP contribution in [-0.2, 0) is 183 Å². The van der Waals surface area contributed by atoms with Gasteiger partial charge in [0.2, 0.25) is 42.5 Å². The number of hydrogen-bond donors (Lipinski definition) is 26. The standard InChI is InChI=1S/C56H86N4O60S4/c1-9(62)57-17-33(22(67)14(102-49(17)86)6-99-121(87,88)89)106-53-30(75)27(72)38(42(111-53)46(80)81)115-118-51-19(59-11(3)64)36(24(69)15(104-51)7-100-122(90,91)92)108-55-32(77)29(74)39(44(113-55)48(84)85)116-119-52-20(60-12(4)65)35(23(68)16(105-52)8-101-123(93,94)95)107-54-31(76)28(73)37(43(112-54)47(82)83)114-117-50-18(58-10(2)63)34(21(66)13(5-61)103-50)109-56-41(120-124(96,97)98)26(71)25(70)40(110-56)45(78)79/h13-44,49-56,61,66-77,86H,5-8H2,1-4H3,(H,57,62)(H,58,63)(H,59,64)(H,60,65)(H,78,79)(H,80,81)(H,82,83)(H,84,85)(H,87,88,89)(H,90,91,92)(H,93,94,95)(H,96,97,98)/t13-,14-,15-,16-,17-,18-,19-,20-,21+,22+,23+,24+,25+,26+,27-,28-,29-,30-,31-,32-,33-,34-,35-,36-,37+,38+,39+,40+,41-,42+,43+,44+,49+,50-,51-,52-,53-,54-,55-,56-/m1/s1. The van der Waals surface area contributed by atoms with Gasteiger partial charge >= 0.3 is 65.5 Å². The van der Waals surface area contributed by atoms with Crippen molar-refractivity contribution in [3.63, 3.8) is 0 Å². The Kier molecular flexibility index (Phi) is 35.6. The molecule has 8 heterocycles. The topological polar surface area (TPSA) is 969 Å². The monoisotopic (exact) mass is 1900 g/mol. The summed E-state index contributed by atoms with van der Waals surface area (Å²) in [5.41, 5.74) is 0. The number of aliphatic carboxylic acids is 4. The number of carboxylic acids is 4. The largest absolute Gasteiger partial charge is 0.479 e. The van der Waals surface area contributed by atoms with Gasteiger partial charge in [-0.1, -0.05) is 0 Å². The molecule has 714 valence electrons. The molecule has 0 spiro atoms. The third kappa shape index (κ3) is 26.2. The first kappa shape index (κ1) is 103. The molecule has 8 aliphatic heterocycles. The molecule has 8 rings (SSSR count). The van der Waals surface area contributed by atoms with Crippen LogP contribution in [0.25, 0.3) is 0 Å². The fourth-order valence-electron chi connectivity index (χ4n) is 13.3. The van der Waals surface area contributed by atoms with Crippen LogP contribution in [0.4, 0.5) is 0 Å². The Balaban J connectivity index is 1.02. The van der Waals surface area contributed by atoms with Gasteiger partial charge in [0.25, 0.3) is 0 Å². The molecule has 0 bridgehead atoms. The van der Waals surface area contributed by atoms with Crippen LogP contribution in [0.3, 0.4) is 0 Å². The van der Waals surface area contributed by atoms with Crippen molar-refractivity contribution in [2.75, 3.05) is 26.4 Å². The van der Waals surface area contributed by atoms with E-state index in [1.807, 2.05) is 0 Å². The quantitative estimate of drug-likeness (QED) is 0.0156. The molecule has 8 saturated heterocycles. The molecule has 4 amide bonds. The van der Waals surface area contributed by atoms with E-state index >= 15 is 0 Å². The average molecular weight is 1900 g/mol. The van der Waals surface area contributed by atoms with E-state index < -0.39 is 361 Å². The van der Waals surface area contributed by atoms with Crippen molar-refractivity contribution in [3.8, 4) is 0 Å². The summed E-state index contributed by atoms with van der Waals surface area (Å²) in [6, 6.07) is -8.84. The number of nitrogens with one attached hydrogen (secondary N) is 4. The minimum atomic E-state index is -5.71. The third-order valence-corrected chi connectivity index (χ3v) is 20.6. The number of ether oxygens (including phenoxy) is 12. The highest BCUT2D eigenvalue weighted by molar-refractivity contribution is 7.81. The molecule has 124 heavy (non-hydrogen) atoms. The summed E-state index contributed by atoms with van der Waals surface area (Å²) in [6.45, 7) is -2.69. The maximum absolute atomic E-state index is 13.2. The lowest BCUT2D eigenvalue weighted by Gasteiger charge is -2.48. The van der Waals surface area contributed by atoms with Crippen LogP contribution < -0.4 is 21.3 Å². The van der Waals surface area contributed by atoms with Crippen molar-refractivity contribution in [2.24, 2.45) is 0 Å². The van der Waals surface area contributed by atoms with E-state index in [0.717, 1.165) is 20.8 Å². The summed E-state index contributed by atoms with van der Waals surface area (Å²) in [5, 5.41) is 207. The lowest BCUT2D eigenvalue weighted by atomic mass is 9.95. The van der Waals surface area contributed by atoms with Crippen molar-refractivity contribution in [1.29, 1.82) is 0 Å². The van der Waals surface area contributed by atoms with E-state index in [4.69, 9.17) is 90.7 Å². The summed E-state index contributed by atoms with van der Waals surface area (Å²) in [5.74, 6) is -13.3. The molecule has 68 heteroatoms. The molecule has 8 aliphatic rings. The predicted octanol–water partition coefficient (Wildman–Crippen LogP) is -18.4. The van der Waals surface area contributed by atoms with Crippen molar-refractivity contribution in [3.05, 3.63) is 0 Å². The number of hydrogen-bond acceptors (Lipinski definition) is 52. The van der Waals surface area contributed by atoms with Gasteiger partial charge < -0.3 is 170 Å². The van der Waals surface area contributed by atoms with E-state index in [1.165, 1.54) is 0 Å². The van der Waals surface area contributed by atoms with Crippen molar-refractivity contribution >= 4 is 89.1 Å². The summed E-state index contributed by atoms with van der Waals surface area (Å²) in [4.78, 5) is 133. The zero-order chi connectivity index (χ0) is 92.9. The maximum atomic E-state index is 13.2. The summed E-state index contributed by atoms with van der Waals surface area (Å²) >= 11 is 0. The zero-order valence-electron chi connectivity index (χ0n) is 62.9. The van der Waals surface area contributed by atoms with Gasteiger partial charge in [-0.2, -0.15) is 33.7 Å². The molecule has 0 aromatic carbocycles. The molecule has 26 N–H and O–H groups in total. The van der Waals surface area contributed by atoms with E-state index in [2.05, 4.69) is 38.0 Å². The third-order valence-electron chi connectivity index (χ3n) is 18.9. The van der Waals surface area contributed by atoms with E-state index in [-0.39, 0.29) is 0 Å². The SMILES string of the molecule is CC(=O)N[C@@H]1[C@@H](O[C@@H]2O[C@H](C(=O)O)[C@@H](OO[C@H]3O[C@H](COS(=O)(=O)O)[C@H](O)[C@H](O[C@@H]4O[C@H](C(=O)O)[C@@H](OO[C@H]5O[C@H](COS(=O)(=O)O)[C@H](O)[C@H](O[C@@H]6O[C@H](C(=O)O)[C@@H](OO[C@H]7O[C@H](CO)[C@H](O)[C@H](O[C@@H]8O[C@H](C(=O)O)[C@@H](O)[C@H](O)[C@H]8OS(=O)(=O)O)[C@H]7NC(C)=O)[C@H](O)[C@H]6O)[C@H]5NC(C)=O)[C@H](O)[C@H]4O)[C@H]3NC(C)=O)[C@H](O)[C@H]2O)[C@@H](O)[C@@H](COS(=O)(=O)O)O[C@@H]1O. The number of aliphatic hydroxyl groups excluding tert-OH is 14. The van der Waals surface area contributed by atoms with E-state index in [9.17, 15) is 178 Å². The van der Waals surface area contributed by atoms with Gasteiger partial charge in [-0.15, -0.1) is 0 Å². The minimum Gasteiger partial charge on any atom is -0.479 e. The first-order valence-corrected chi connectivity index (χ1v) is 40.7. The predicted molar refractivity (Wildman–Crippen MR) is 358 cm³/mol. The molecule has 0 aromatic rings.